The fraction of sp³-hybridized carbons (Fsp3) is 0.400. The van der Waals surface area contributed by atoms with Crippen molar-refractivity contribution in [3.05, 3.63) is 35.6 Å². The molecule has 0 unspecified atom stereocenters. The lowest BCUT2D eigenvalue weighted by molar-refractivity contribution is 0.574. The first kappa shape index (κ1) is 12.1. The Labute approximate surface area is 89.4 Å². The molecule has 3 nitrogen and oxygen atoms in total. The van der Waals surface area contributed by atoms with E-state index in [1.54, 1.807) is 6.07 Å². The predicted molar refractivity (Wildman–Crippen MR) is 57.3 cm³/mol. The summed E-state index contributed by atoms with van der Waals surface area (Å²) in [5.74, 6) is -0.793. The first-order valence-corrected chi connectivity index (χ1v) is 6.41. The molecule has 1 rings (SSSR count). The lowest BCUT2D eigenvalue weighted by Crippen LogP contribution is -2.26. The van der Waals surface area contributed by atoms with Gasteiger partial charge in [-0.1, -0.05) is 25.1 Å². The zero-order chi connectivity index (χ0) is 11.3. The molecule has 0 radical (unpaired) electrons. The van der Waals surface area contributed by atoms with E-state index in [0.29, 0.717) is 6.54 Å². The van der Waals surface area contributed by atoms with Gasteiger partial charge in [0.1, 0.15) is 5.82 Å². The number of hydrogen-bond acceptors (Lipinski definition) is 2. The van der Waals surface area contributed by atoms with Crippen LogP contribution < -0.4 is 4.72 Å². The third kappa shape index (κ3) is 3.97. The average Bonchev–Trinajstić information content (AvgIpc) is 2.18. The molecule has 0 aliphatic carbocycles. The number of halogens is 1. The molecule has 1 aromatic carbocycles. The zero-order valence-electron chi connectivity index (χ0n) is 8.53. The van der Waals surface area contributed by atoms with Crippen LogP contribution in [-0.4, -0.2) is 15.0 Å². The van der Waals surface area contributed by atoms with Crippen LogP contribution >= 0.6 is 0 Å². The van der Waals surface area contributed by atoms with Crippen LogP contribution in [0.2, 0.25) is 0 Å². The van der Waals surface area contributed by atoms with Gasteiger partial charge in [0.15, 0.2) is 0 Å². The van der Waals surface area contributed by atoms with E-state index in [1.165, 1.54) is 18.2 Å². The number of sulfonamides is 1. The molecule has 15 heavy (non-hydrogen) atoms. The van der Waals surface area contributed by atoms with E-state index in [4.69, 9.17) is 0 Å². The van der Waals surface area contributed by atoms with Gasteiger partial charge in [-0.15, -0.1) is 0 Å². The smallest absolute Gasteiger partial charge is 0.215 e. The molecule has 0 heterocycles. The van der Waals surface area contributed by atoms with Crippen molar-refractivity contribution in [3.8, 4) is 0 Å². The van der Waals surface area contributed by atoms with Crippen molar-refractivity contribution < 1.29 is 12.8 Å². The number of rotatable bonds is 5. The Morgan fingerprint density at radius 3 is 2.60 bits per heavy atom. The Balaban J connectivity index is 2.74. The van der Waals surface area contributed by atoms with Crippen LogP contribution in [0.3, 0.4) is 0 Å². The maximum Gasteiger partial charge on any atom is 0.215 e. The highest BCUT2D eigenvalue weighted by Gasteiger charge is 2.12. The van der Waals surface area contributed by atoms with Gasteiger partial charge in [-0.05, 0) is 12.5 Å². The third-order valence-electron chi connectivity index (χ3n) is 1.88. The Kier molecular flexibility index (Phi) is 4.23. The van der Waals surface area contributed by atoms with Gasteiger partial charge in [0.05, 0.1) is 5.75 Å². The highest BCUT2D eigenvalue weighted by atomic mass is 32.2. The van der Waals surface area contributed by atoms with Gasteiger partial charge >= 0.3 is 0 Å². The molecule has 1 aromatic rings. The normalized spacial score (nSPS) is 11.6. The summed E-state index contributed by atoms with van der Waals surface area (Å²) >= 11 is 0. The molecule has 0 bridgehead atoms. The fourth-order valence-corrected chi connectivity index (χ4v) is 2.39. The van der Waals surface area contributed by atoms with Gasteiger partial charge in [0.25, 0.3) is 0 Å². The van der Waals surface area contributed by atoms with E-state index in [0.717, 1.165) is 6.42 Å². The highest BCUT2D eigenvalue weighted by molar-refractivity contribution is 7.88. The van der Waals surface area contributed by atoms with Gasteiger partial charge in [-0.2, -0.15) is 0 Å². The topological polar surface area (TPSA) is 46.2 Å². The van der Waals surface area contributed by atoms with E-state index in [9.17, 15) is 12.8 Å². The molecule has 0 aromatic heterocycles. The molecule has 0 spiro atoms. The summed E-state index contributed by atoms with van der Waals surface area (Å²) < 4.78 is 38.4. The molecule has 0 saturated carbocycles. The second kappa shape index (κ2) is 5.23. The molecule has 1 N–H and O–H groups in total. The van der Waals surface area contributed by atoms with E-state index in [-0.39, 0.29) is 11.3 Å². The first-order valence-electron chi connectivity index (χ1n) is 4.76. The quantitative estimate of drug-likeness (QED) is 0.837. The van der Waals surface area contributed by atoms with E-state index >= 15 is 0 Å². The van der Waals surface area contributed by atoms with Gasteiger partial charge in [0, 0.05) is 12.1 Å². The summed E-state index contributed by atoms with van der Waals surface area (Å²) in [6.45, 7) is 2.25. The largest absolute Gasteiger partial charge is 0.215 e. The Morgan fingerprint density at radius 1 is 1.33 bits per heavy atom. The summed E-state index contributed by atoms with van der Waals surface area (Å²) in [7, 11) is -3.41. The van der Waals surface area contributed by atoms with Crippen LogP contribution in [0, 0.1) is 5.82 Å². The van der Waals surface area contributed by atoms with Crippen molar-refractivity contribution in [2.75, 3.05) is 6.54 Å². The van der Waals surface area contributed by atoms with Crippen LogP contribution in [0.1, 0.15) is 18.9 Å². The summed E-state index contributed by atoms with van der Waals surface area (Å²) in [6.07, 6.45) is 0.719. The number of hydrogen-bond donors (Lipinski definition) is 1. The SMILES string of the molecule is CCCNS(=O)(=O)Cc1ccccc1F. The molecule has 0 amide bonds. The second-order valence-electron chi connectivity index (χ2n) is 3.24. The molecule has 0 aliphatic heterocycles. The van der Waals surface area contributed by atoms with Crippen molar-refractivity contribution in [1.29, 1.82) is 0 Å². The molecule has 0 atom stereocenters. The monoisotopic (exact) mass is 231 g/mol. The van der Waals surface area contributed by atoms with Crippen molar-refractivity contribution >= 4 is 10.0 Å². The molecule has 84 valence electrons. The highest BCUT2D eigenvalue weighted by Crippen LogP contribution is 2.09. The van der Waals surface area contributed by atoms with Crippen molar-refractivity contribution in [2.45, 2.75) is 19.1 Å². The number of benzene rings is 1. The standard InChI is InChI=1S/C10H14FNO2S/c1-2-7-12-15(13,14)8-9-5-3-4-6-10(9)11/h3-6,12H,2,7-8H2,1H3. The Morgan fingerprint density at radius 2 is 2.00 bits per heavy atom. The summed E-state index contributed by atoms with van der Waals surface area (Å²) in [5, 5.41) is 0. The van der Waals surface area contributed by atoms with Crippen LogP contribution in [0.4, 0.5) is 4.39 Å². The molecule has 0 aliphatic rings. The molecular weight excluding hydrogens is 217 g/mol. The molecular formula is C10H14FNO2S. The maximum absolute atomic E-state index is 13.1. The second-order valence-corrected chi connectivity index (χ2v) is 5.05. The summed E-state index contributed by atoms with van der Waals surface area (Å²) in [6, 6.07) is 5.88. The van der Waals surface area contributed by atoms with E-state index < -0.39 is 15.8 Å². The van der Waals surface area contributed by atoms with Gasteiger partial charge in [0.2, 0.25) is 10.0 Å². The first-order chi connectivity index (χ1) is 7.05. The van der Waals surface area contributed by atoms with Gasteiger partial charge in [-0.25, -0.2) is 17.5 Å². The van der Waals surface area contributed by atoms with Gasteiger partial charge < -0.3 is 0 Å². The van der Waals surface area contributed by atoms with Crippen molar-refractivity contribution in [3.63, 3.8) is 0 Å². The Hall–Kier alpha value is -0.940. The van der Waals surface area contributed by atoms with E-state index in [1.807, 2.05) is 6.92 Å². The summed E-state index contributed by atoms with van der Waals surface area (Å²) in [4.78, 5) is 0. The summed E-state index contributed by atoms with van der Waals surface area (Å²) in [5.41, 5.74) is 0.195. The average molecular weight is 231 g/mol. The van der Waals surface area contributed by atoms with Crippen LogP contribution in [0.25, 0.3) is 0 Å². The maximum atomic E-state index is 13.1. The minimum atomic E-state index is -3.41. The zero-order valence-corrected chi connectivity index (χ0v) is 9.35. The minimum absolute atomic E-state index is 0.195. The predicted octanol–water partition coefficient (Wildman–Crippen LogP) is 1.66. The fourth-order valence-electron chi connectivity index (χ4n) is 1.13. The Bertz CT molecular complexity index is 417. The lowest BCUT2D eigenvalue weighted by atomic mass is 10.2. The molecule has 0 saturated heterocycles. The van der Waals surface area contributed by atoms with Crippen LogP contribution in [0.5, 0.6) is 0 Å². The molecule has 5 heteroatoms. The third-order valence-corrected chi connectivity index (χ3v) is 3.21. The van der Waals surface area contributed by atoms with Gasteiger partial charge in [-0.3, -0.25) is 0 Å². The lowest BCUT2D eigenvalue weighted by Gasteiger charge is -2.05. The van der Waals surface area contributed by atoms with E-state index in [2.05, 4.69) is 4.72 Å². The van der Waals surface area contributed by atoms with Crippen LogP contribution in [0.15, 0.2) is 24.3 Å². The molecule has 0 fully saturated rings. The minimum Gasteiger partial charge on any atom is -0.215 e. The van der Waals surface area contributed by atoms with Crippen LogP contribution in [-0.2, 0) is 15.8 Å². The number of nitrogens with one attached hydrogen (secondary N) is 1. The van der Waals surface area contributed by atoms with Crippen molar-refractivity contribution in [2.24, 2.45) is 0 Å². The van der Waals surface area contributed by atoms with Crippen molar-refractivity contribution in [1.82, 2.24) is 4.72 Å².